The van der Waals surface area contributed by atoms with Crippen LogP contribution in [-0.2, 0) is 9.53 Å². The highest BCUT2D eigenvalue weighted by Crippen LogP contribution is 2.08. The van der Waals surface area contributed by atoms with Crippen molar-refractivity contribution in [2.75, 3.05) is 6.61 Å². The quantitative estimate of drug-likeness (QED) is 0.644. The molecule has 1 N–H and O–H groups in total. The number of aliphatic carboxylic acids is 1. The molecule has 0 heterocycles. The molecule has 3 nitrogen and oxygen atoms in total. The zero-order valence-corrected chi connectivity index (χ0v) is 9.66. The Hall–Kier alpha value is -1.68. The zero-order chi connectivity index (χ0) is 12.0. The van der Waals surface area contributed by atoms with Gasteiger partial charge in [0, 0.05) is 11.6 Å². The number of hydrogen-bond acceptors (Lipinski definition) is 3. The van der Waals surface area contributed by atoms with E-state index < -0.39 is 5.97 Å². The van der Waals surface area contributed by atoms with Gasteiger partial charge in [0.25, 0.3) is 0 Å². The third kappa shape index (κ3) is 3.82. The Balaban J connectivity index is 2.75. The van der Waals surface area contributed by atoms with Gasteiger partial charge in [-0.2, -0.15) is 0 Å². The summed E-state index contributed by atoms with van der Waals surface area (Å²) in [7, 11) is 0. The van der Waals surface area contributed by atoms with E-state index in [1.54, 1.807) is 24.3 Å². The second kappa shape index (κ2) is 6.02. The van der Waals surface area contributed by atoms with Crippen LogP contribution in [0.5, 0.6) is 0 Å². The number of carbonyl (C=O) groups is 1. The predicted octanol–water partition coefficient (Wildman–Crippen LogP) is 2.50. The summed E-state index contributed by atoms with van der Waals surface area (Å²) in [4.78, 5) is 10.3. The van der Waals surface area contributed by atoms with E-state index in [4.69, 9.17) is 22.1 Å². The second-order valence-electron chi connectivity index (χ2n) is 3.01. The fraction of sp³-hybridized carbons (Fsp3) is 0.167. The van der Waals surface area contributed by atoms with E-state index in [0.717, 1.165) is 17.2 Å². The lowest BCUT2D eigenvalue weighted by Crippen LogP contribution is -2.02. The molecule has 0 atom stereocenters. The molecule has 84 valence electrons. The highest BCUT2D eigenvalue weighted by atomic mass is 32.1. The predicted molar refractivity (Wildman–Crippen MR) is 66.4 cm³/mol. The van der Waals surface area contributed by atoms with Gasteiger partial charge in [0.15, 0.2) is 5.05 Å². The van der Waals surface area contributed by atoms with Crippen molar-refractivity contribution in [1.29, 1.82) is 0 Å². The first kappa shape index (κ1) is 12.4. The largest absolute Gasteiger partial charge is 0.483 e. The maximum atomic E-state index is 10.3. The van der Waals surface area contributed by atoms with Crippen molar-refractivity contribution in [1.82, 2.24) is 0 Å². The summed E-state index contributed by atoms with van der Waals surface area (Å²) in [5, 5.41) is 8.91. The van der Waals surface area contributed by atoms with Crippen LogP contribution in [0.4, 0.5) is 0 Å². The monoisotopic (exact) mass is 236 g/mol. The summed E-state index contributed by atoms with van der Waals surface area (Å²) in [6.45, 7) is 2.41. The molecule has 1 aromatic rings. The number of carboxylic acid groups (broad SMARTS) is 1. The molecule has 0 unspecified atom stereocenters. The topological polar surface area (TPSA) is 46.5 Å². The number of ether oxygens (including phenoxy) is 1. The van der Waals surface area contributed by atoms with Crippen LogP contribution in [0.1, 0.15) is 18.1 Å². The molecule has 0 aliphatic carbocycles. The van der Waals surface area contributed by atoms with Crippen LogP contribution >= 0.6 is 12.2 Å². The highest BCUT2D eigenvalue weighted by molar-refractivity contribution is 7.80. The summed E-state index contributed by atoms with van der Waals surface area (Å²) < 4.78 is 5.19. The molecule has 0 radical (unpaired) electrons. The maximum absolute atomic E-state index is 10.3. The van der Waals surface area contributed by atoms with E-state index in [2.05, 4.69) is 0 Å². The molecule has 0 spiro atoms. The highest BCUT2D eigenvalue weighted by Gasteiger charge is 2.00. The summed E-state index contributed by atoms with van der Waals surface area (Å²) in [5.41, 5.74) is 1.63. The third-order valence-corrected chi connectivity index (χ3v) is 2.19. The van der Waals surface area contributed by atoms with E-state index in [-0.39, 0.29) is 0 Å². The minimum absolute atomic E-state index is 0.455. The molecule has 1 rings (SSSR count). The Morgan fingerprint density at radius 1 is 1.44 bits per heavy atom. The Labute approximate surface area is 99.4 Å². The molecule has 0 aliphatic heterocycles. The molecule has 0 amide bonds. The first-order valence-electron chi connectivity index (χ1n) is 4.81. The van der Waals surface area contributed by atoms with Gasteiger partial charge in [-0.1, -0.05) is 12.1 Å². The number of rotatable bonds is 4. The van der Waals surface area contributed by atoms with Gasteiger partial charge in [0.1, 0.15) is 0 Å². The summed E-state index contributed by atoms with van der Waals surface area (Å²) in [5.74, 6) is -0.964. The van der Waals surface area contributed by atoms with Gasteiger partial charge < -0.3 is 9.84 Å². The van der Waals surface area contributed by atoms with Crippen molar-refractivity contribution < 1.29 is 14.6 Å². The van der Waals surface area contributed by atoms with E-state index >= 15 is 0 Å². The second-order valence-corrected chi connectivity index (χ2v) is 3.38. The minimum Gasteiger partial charge on any atom is -0.483 e. The first-order chi connectivity index (χ1) is 7.63. The molecule has 1 aromatic carbocycles. The van der Waals surface area contributed by atoms with Crippen molar-refractivity contribution >= 4 is 29.3 Å². The van der Waals surface area contributed by atoms with E-state index in [1.807, 2.05) is 6.92 Å². The van der Waals surface area contributed by atoms with E-state index in [1.165, 1.54) is 6.08 Å². The number of benzene rings is 1. The Morgan fingerprint density at radius 3 is 2.56 bits per heavy atom. The van der Waals surface area contributed by atoms with Crippen molar-refractivity contribution in [2.24, 2.45) is 0 Å². The Bertz CT molecular complexity index is 407. The third-order valence-electron chi connectivity index (χ3n) is 1.84. The fourth-order valence-electron chi connectivity index (χ4n) is 1.11. The first-order valence-corrected chi connectivity index (χ1v) is 5.22. The van der Waals surface area contributed by atoms with Crippen molar-refractivity contribution in [3.63, 3.8) is 0 Å². The Kier molecular flexibility index (Phi) is 4.66. The molecule has 16 heavy (non-hydrogen) atoms. The van der Waals surface area contributed by atoms with Crippen molar-refractivity contribution in [3.05, 3.63) is 41.5 Å². The van der Waals surface area contributed by atoms with Crippen LogP contribution in [0.25, 0.3) is 6.08 Å². The lowest BCUT2D eigenvalue weighted by molar-refractivity contribution is -0.131. The van der Waals surface area contributed by atoms with Gasteiger partial charge in [0.05, 0.1) is 6.61 Å². The zero-order valence-electron chi connectivity index (χ0n) is 8.84. The summed E-state index contributed by atoms with van der Waals surface area (Å²) >= 11 is 5.03. The van der Waals surface area contributed by atoms with Crippen LogP contribution in [0.2, 0.25) is 0 Å². The van der Waals surface area contributed by atoms with Crippen LogP contribution in [-0.4, -0.2) is 22.7 Å². The fourth-order valence-corrected chi connectivity index (χ4v) is 1.37. The van der Waals surface area contributed by atoms with E-state index in [9.17, 15) is 4.79 Å². The normalized spacial score (nSPS) is 10.3. The smallest absolute Gasteiger partial charge is 0.328 e. The van der Waals surface area contributed by atoms with Crippen LogP contribution in [0.15, 0.2) is 30.3 Å². The van der Waals surface area contributed by atoms with E-state index in [0.29, 0.717) is 11.7 Å². The summed E-state index contributed by atoms with van der Waals surface area (Å²) in [6.07, 6.45) is 2.62. The van der Waals surface area contributed by atoms with Gasteiger partial charge >= 0.3 is 5.97 Å². The maximum Gasteiger partial charge on any atom is 0.328 e. The van der Waals surface area contributed by atoms with Crippen LogP contribution in [0.3, 0.4) is 0 Å². The van der Waals surface area contributed by atoms with Crippen LogP contribution < -0.4 is 0 Å². The van der Waals surface area contributed by atoms with Gasteiger partial charge in [0.2, 0.25) is 0 Å². The minimum atomic E-state index is -0.964. The Morgan fingerprint density at radius 2 is 2.06 bits per heavy atom. The van der Waals surface area contributed by atoms with Gasteiger partial charge in [-0.25, -0.2) is 4.79 Å². The molecule has 0 saturated carbocycles. The SMILES string of the molecule is CCOC(=S)c1ccc(C=CC(=O)O)cc1. The lowest BCUT2D eigenvalue weighted by Gasteiger charge is -2.04. The number of thiocarbonyl (C=S) groups is 1. The average molecular weight is 236 g/mol. The molecule has 0 aromatic heterocycles. The molecule has 0 fully saturated rings. The molecular formula is C12H12O3S. The van der Waals surface area contributed by atoms with Crippen molar-refractivity contribution in [2.45, 2.75) is 6.92 Å². The van der Waals surface area contributed by atoms with Gasteiger partial charge in [-0.3, -0.25) is 0 Å². The average Bonchev–Trinajstić information content (AvgIpc) is 2.27. The molecule has 0 saturated heterocycles. The summed E-state index contributed by atoms with van der Waals surface area (Å²) in [6, 6.07) is 7.19. The number of carboxylic acids is 1. The van der Waals surface area contributed by atoms with Crippen molar-refractivity contribution in [3.8, 4) is 0 Å². The van der Waals surface area contributed by atoms with Crippen LogP contribution in [0, 0.1) is 0 Å². The standard InChI is InChI=1S/C12H12O3S/c1-2-15-12(16)10-6-3-9(4-7-10)5-8-11(13)14/h3-8H,2H2,1H3,(H,13,14). The number of hydrogen-bond donors (Lipinski definition) is 1. The molecule has 4 heteroatoms. The van der Waals surface area contributed by atoms with Gasteiger partial charge in [-0.15, -0.1) is 0 Å². The van der Waals surface area contributed by atoms with Gasteiger partial charge in [-0.05, 0) is 42.9 Å². The molecular weight excluding hydrogens is 224 g/mol. The molecule has 0 aliphatic rings. The lowest BCUT2D eigenvalue weighted by atomic mass is 10.1. The molecule has 0 bridgehead atoms.